The first-order chi connectivity index (χ1) is 10.6. The molecular weight excluding hydrogens is 425 g/mol. The summed E-state index contributed by atoms with van der Waals surface area (Å²) in [5, 5.41) is 14.2. The molecule has 0 aromatic heterocycles. The predicted octanol–water partition coefficient (Wildman–Crippen LogP) is 3.69. The number of hydrogen-bond donors (Lipinski definition) is 2. The lowest BCUT2D eigenvalue weighted by Gasteiger charge is -2.33. The predicted molar refractivity (Wildman–Crippen MR) is 108 cm³/mol. The maximum atomic E-state index is 10.3. The van der Waals surface area contributed by atoms with E-state index in [1.54, 1.807) is 6.07 Å². The molecule has 2 rings (SSSR count). The van der Waals surface area contributed by atoms with Crippen LogP contribution in [0.4, 0.5) is 0 Å². The van der Waals surface area contributed by atoms with Gasteiger partial charge in [0.15, 0.2) is 5.96 Å². The number of rotatable bonds is 4. The lowest BCUT2D eigenvalue weighted by atomic mass is 9.99. The largest absolute Gasteiger partial charge is 0.386 e. The van der Waals surface area contributed by atoms with Crippen molar-refractivity contribution in [3.8, 4) is 0 Å². The number of halogens is 2. The SMILES string of the molecule is CCNC(=NCC(O)c1ccccc1Cl)N1CCC(C)CC1.I. The summed E-state index contributed by atoms with van der Waals surface area (Å²) in [6.07, 6.45) is 1.71. The average Bonchev–Trinajstić information content (AvgIpc) is 2.52. The van der Waals surface area contributed by atoms with Gasteiger partial charge in [0.2, 0.25) is 0 Å². The van der Waals surface area contributed by atoms with Gasteiger partial charge in [-0.15, -0.1) is 24.0 Å². The maximum Gasteiger partial charge on any atom is 0.194 e. The van der Waals surface area contributed by atoms with E-state index in [0.717, 1.165) is 37.1 Å². The summed E-state index contributed by atoms with van der Waals surface area (Å²) in [4.78, 5) is 6.88. The molecule has 0 bridgehead atoms. The smallest absolute Gasteiger partial charge is 0.194 e. The maximum absolute atomic E-state index is 10.3. The first-order valence-corrected chi connectivity index (χ1v) is 8.45. The minimum atomic E-state index is -0.675. The molecule has 1 heterocycles. The number of aliphatic imine (C=N–C) groups is 1. The van der Waals surface area contributed by atoms with Gasteiger partial charge in [-0.3, -0.25) is 4.99 Å². The molecule has 0 radical (unpaired) electrons. The molecule has 1 atom stereocenters. The second kappa shape index (κ2) is 10.4. The number of guanidine groups is 1. The molecule has 0 amide bonds. The number of aliphatic hydroxyl groups excluding tert-OH is 1. The van der Waals surface area contributed by atoms with Crippen molar-refractivity contribution in [3.05, 3.63) is 34.9 Å². The number of likely N-dealkylation sites (tertiary alicyclic amines) is 1. The van der Waals surface area contributed by atoms with Crippen LogP contribution >= 0.6 is 35.6 Å². The van der Waals surface area contributed by atoms with Crippen molar-refractivity contribution in [2.45, 2.75) is 32.8 Å². The minimum Gasteiger partial charge on any atom is -0.386 e. The van der Waals surface area contributed by atoms with Crippen LogP contribution in [-0.2, 0) is 0 Å². The zero-order valence-corrected chi connectivity index (χ0v) is 16.9. The van der Waals surface area contributed by atoms with Gasteiger partial charge in [-0.25, -0.2) is 0 Å². The highest BCUT2D eigenvalue weighted by Crippen LogP contribution is 2.23. The summed E-state index contributed by atoms with van der Waals surface area (Å²) in [5.41, 5.74) is 0.732. The number of piperidine rings is 1. The Morgan fingerprint density at radius 1 is 1.39 bits per heavy atom. The van der Waals surface area contributed by atoms with E-state index in [2.05, 4.69) is 29.1 Å². The molecule has 4 nitrogen and oxygen atoms in total. The van der Waals surface area contributed by atoms with Gasteiger partial charge in [0.1, 0.15) is 6.10 Å². The van der Waals surface area contributed by atoms with Crippen LogP contribution in [0.3, 0.4) is 0 Å². The van der Waals surface area contributed by atoms with E-state index >= 15 is 0 Å². The lowest BCUT2D eigenvalue weighted by Crippen LogP contribution is -2.45. The molecule has 1 aromatic carbocycles. The minimum absolute atomic E-state index is 0. The van der Waals surface area contributed by atoms with Crippen LogP contribution in [0.5, 0.6) is 0 Å². The van der Waals surface area contributed by atoms with Crippen molar-refractivity contribution < 1.29 is 5.11 Å². The molecule has 1 aliphatic rings. The Morgan fingerprint density at radius 3 is 2.65 bits per heavy atom. The van der Waals surface area contributed by atoms with Crippen LogP contribution in [0.15, 0.2) is 29.3 Å². The first-order valence-electron chi connectivity index (χ1n) is 8.07. The van der Waals surface area contributed by atoms with Gasteiger partial charge < -0.3 is 15.3 Å². The van der Waals surface area contributed by atoms with E-state index in [9.17, 15) is 5.11 Å². The second-order valence-corrected chi connectivity index (χ2v) is 6.31. The van der Waals surface area contributed by atoms with E-state index in [0.29, 0.717) is 11.6 Å². The number of hydrogen-bond acceptors (Lipinski definition) is 2. The number of nitrogens with one attached hydrogen (secondary N) is 1. The third kappa shape index (κ3) is 6.12. The van der Waals surface area contributed by atoms with Crippen LogP contribution in [-0.4, -0.2) is 42.1 Å². The van der Waals surface area contributed by atoms with Gasteiger partial charge >= 0.3 is 0 Å². The summed E-state index contributed by atoms with van der Waals surface area (Å²) in [7, 11) is 0. The number of nitrogens with zero attached hydrogens (tertiary/aromatic N) is 2. The van der Waals surface area contributed by atoms with Crippen molar-refractivity contribution in [2.24, 2.45) is 10.9 Å². The summed E-state index contributed by atoms with van der Waals surface area (Å²) < 4.78 is 0. The quantitative estimate of drug-likeness (QED) is 0.417. The molecule has 6 heteroatoms. The Morgan fingerprint density at radius 2 is 2.04 bits per heavy atom. The molecule has 0 aliphatic carbocycles. The van der Waals surface area contributed by atoms with Gasteiger partial charge in [-0.1, -0.05) is 36.7 Å². The molecule has 130 valence electrons. The van der Waals surface area contributed by atoms with Crippen LogP contribution in [0, 0.1) is 5.92 Å². The third-order valence-corrected chi connectivity index (χ3v) is 4.44. The molecule has 1 saturated heterocycles. The summed E-state index contributed by atoms with van der Waals surface area (Å²) >= 11 is 6.13. The Hall–Kier alpha value is -0.530. The molecule has 23 heavy (non-hydrogen) atoms. The van der Waals surface area contributed by atoms with E-state index in [1.165, 1.54) is 12.8 Å². The van der Waals surface area contributed by atoms with E-state index in [1.807, 2.05) is 18.2 Å². The van der Waals surface area contributed by atoms with E-state index in [-0.39, 0.29) is 24.0 Å². The highest BCUT2D eigenvalue weighted by atomic mass is 127. The number of aliphatic hydroxyl groups is 1. The fraction of sp³-hybridized carbons (Fsp3) is 0.588. The zero-order chi connectivity index (χ0) is 15.9. The fourth-order valence-corrected chi connectivity index (χ4v) is 2.92. The van der Waals surface area contributed by atoms with Gasteiger partial charge in [-0.05, 0) is 31.7 Å². The Kier molecular flexibility index (Phi) is 9.24. The molecule has 1 aliphatic heterocycles. The highest BCUT2D eigenvalue weighted by molar-refractivity contribution is 14.0. The van der Waals surface area contributed by atoms with Crippen molar-refractivity contribution in [1.29, 1.82) is 0 Å². The van der Waals surface area contributed by atoms with Crippen LogP contribution in [0.25, 0.3) is 0 Å². The molecule has 0 spiro atoms. The van der Waals surface area contributed by atoms with E-state index in [4.69, 9.17) is 11.6 Å². The van der Waals surface area contributed by atoms with Crippen LogP contribution in [0.2, 0.25) is 5.02 Å². The summed E-state index contributed by atoms with van der Waals surface area (Å²) in [5.74, 6) is 1.67. The van der Waals surface area contributed by atoms with Gasteiger partial charge in [0.25, 0.3) is 0 Å². The van der Waals surface area contributed by atoms with Crippen molar-refractivity contribution in [2.75, 3.05) is 26.2 Å². The molecule has 1 aromatic rings. The second-order valence-electron chi connectivity index (χ2n) is 5.90. The Balaban J connectivity index is 0.00000264. The normalized spacial score (nSPS) is 17.6. The average molecular weight is 452 g/mol. The van der Waals surface area contributed by atoms with Gasteiger partial charge in [0.05, 0.1) is 6.54 Å². The van der Waals surface area contributed by atoms with Crippen molar-refractivity contribution >= 4 is 41.5 Å². The van der Waals surface area contributed by atoms with Crippen molar-refractivity contribution in [1.82, 2.24) is 10.2 Å². The Bertz CT molecular complexity index is 504. The fourth-order valence-electron chi connectivity index (χ4n) is 2.66. The van der Waals surface area contributed by atoms with Crippen molar-refractivity contribution in [3.63, 3.8) is 0 Å². The zero-order valence-electron chi connectivity index (χ0n) is 13.8. The van der Waals surface area contributed by atoms with E-state index < -0.39 is 6.10 Å². The molecule has 1 unspecified atom stereocenters. The topological polar surface area (TPSA) is 47.9 Å². The number of benzene rings is 1. The molecule has 2 N–H and O–H groups in total. The highest BCUT2D eigenvalue weighted by Gasteiger charge is 2.19. The summed E-state index contributed by atoms with van der Waals surface area (Å²) in [6.45, 7) is 7.55. The lowest BCUT2D eigenvalue weighted by molar-refractivity contribution is 0.186. The van der Waals surface area contributed by atoms with Crippen LogP contribution in [0.1, 0.15) is 38.4 Å². The standard InChI is InChI=1S/C17H26ClN3O.HI/c1-3-19-17(21-10-8-13(2)9-11-21)20-12-16(22)14-6-4-5-7-15(14)18;/h4-7,13,16,22H,3,8-12H2,1-2H3,(H,19,20);1H. The van der Waals surface area contributed by atoms with Gasteiger partial charge in [0, 0.05) is 30.2 Å². The molecule has 0 saturated carbocycles. The Labute approximate surface area is 161 Å². The monoisotopic (exact) mass is 451 g/mol. The third-order valence-electron chi connectivity index (χ3n) is 4.10. The van der Waals surface area contributed by atoms with Gasteiger partial charge in [-0.2, -0.15) is 0 Å². The molecule has 1 fully saturated rings. The first kappa shape index (κ1) is 20.5. The van der Waals surface area contributed by atoms with Crippen LogP contribution < -0.4 is 5.32 Å². The molecular formula is C17H27ClIN3O. The summed E-state index contributed by atoms with van der Waals surface area (Å²) in [6, 6.07) is 7.38.